The minimum atomic E-state index is -4.25. The van der Waals surface area contributed by atoms with E-state index in [4.69, 9.17) is 4.74 Å². The van der Waals surface area contributed by atoms with Crippen molar-refractivity contribution in [2.75, 3.05) is 66.2 Å². The Morgan fingerprint density at radius 3 is 2.64 bits per heavy atom. The summed E-state index contributed by atoms with van der Waals surface area (Å²) in [5, 5.41) is 3.50. The quantitative estimate of drug-likeness (QED) is 0.436. The zero-order valence-electron chi connectivity index (χ0n) is 25.2. The summed E-state index contributed by atoms with van der Waals surface area (Å²) < 4.78 is 49.5. The number of hydrogen-bond donors (Lipinski definition) is 3. The van der Waals surface area contributed by atoms with Gasteiger partial charge in [-0.15, -0.1) is 0 Å². The number of nitrogens with one attached hydrogen (secondary N) is 3. The van der Waals surface area contributed by atoms with Gasteiger partial charge in [0.1, 0.15) is 0 Å². The number of carbonyl (C=O) groups is 1. The first kappa shape index (κ1) is 29.7. The third-order valence-corrected chi connectivity index (χ3v) is 12.7. The molecule has 5 heterocycles. The van der Waals surface area contributed by atoms with Crippen molar-refractivity contribution in [1.82, 2.24) is 30.9 Å². The summed E-state index contributed by atoms with van der Waals surface area (Å²) in [6.45, 7) is 7.39. The number of alkyl halides is 3. The lowest BCUT2D eigenvalue weighted by molar-refractivity contribution is -0.204. The monoisotopic (exact) mass is 596 g/mol. The van der Waals surface area contributed by atoms with E-state index in [1.165, 1.54) is 0 Å². The van der Waals surface area contributed by atoms with E-state index in [1.807, 2.05) is 4.90 Å². The number of hydrogen-bond acceptors (Lipinski definition) is 7. The zero-order valence-corrected chi connectivity index (χ0v) is 25.2. The molecule has 8 nitrogen and oxygen atoms in total. The molecule has 11 heteroatoms. The maximum atomic E-state index is 14.6. The van der Waals surface area contributed by atoms with Crippen LogP contribution < -0.4 is 16.2 Å². The fourth-order valence-corrected chi connectivity index (χ4v) is 10.2. The van der Waals surface area contributed by atoms with Gasteiger partial charge in [-0.25, -0.2) is 10.9 Å². The molecule has 238 valence electrons. The molecule has 0 aromatic carbocycles. The summed E-state index contributed by atoms with van der Waals surface area (Å²) in [6.07, 6.45) is 4.02. The van der Waals surface area contributed by atoms with Crippen molar-refractivity contribution in [1.29, 1.82) is 0 Å². The second-order valence-electron chi connectivity index (χ2n) is 15.1. The Bertz CT molecular complexity index is 981. The Balaban J connectivity index is 1.02. The van der Waals surface area contributed by atoms with E-state index in [0.717, 1.165) is 91.0 Å². The summed E-state index contributed by atoms with van der Waals surface area (Å²) in [7, 11) is 2.11. The smallest absolute Gasteiger partial charge is 0.380 e. The van der Waals surface area contributed by atoms with Gasteiger partial charge in [-0.2, -0.15) is 13.2 Å². The van der Waals surface area contributed by atoms with Crippen molar-refractivity contribution >= 4 is 5.91 Å². The van der Waals surface area contributed by atoms with Crippen molar-refractivity contribution < 1.29 is 22.7 Å². The van der Waals surface area contributed by atoms with Crippen LogP contribution in [0.3, 0.4) is 0 Å². The normalized spacial score (nSPS) is 43.2. The highest BCUT2D eigenvalue weighted by molar-refractivity contribution is 5.82. The summed E-state index contributed by atoms with van der Waals surface area (Å²) in [5.41, 5.74) is 6.69. The van der Waals surface area contributed by atoms with Crippen LogP contribution in [0, 0.1) is 46.8 Å². The largest absolute Gasteiger partial charge is 0.392 e. The van der Waals surface area contributed by atoms with Gasteiger partial charge in [0.25, 0.3) is 0 Å². The third kappa shape index (κ3) is 5.64. The molecule has 1 amide bonds. The molecule has 3 N–H and O–H groups in total. The summed E-state index contributed by atoms with van der Waals surface area (Å²) in [6, 6.07) is 0.0537. The summed E-state index contributed by atoms with van der Waals surface area (Å²) in [4.78, 5) is 20.6. The van der Waals surface area contributed by atoms with Gasteiger partial charge in [-0.3, -0.25) is 9.69 Å². The van der Waals surface area contributed by atoms with Crippen LogP contribution in [0.25, 0.3) is 0 Å². The van der Waals surface area contributed by atoms with Crippen LogP contribution in [0.5, 0.6) is 0 Å². The molecule has 0 radical (unpaired) electrons. The molecule has 2 saturated carbocycles. The topological polar surface area (TPSA) is 72.1 Å². The van der Waals surface area contributed by atoms with E-state index in [9.17, 15) is 18.0 Å². The second-order valence-corrected chi connectivity index (χ2v) is 15.1. The molecule has 2 aliphatic carbocycles. The highest BCUT2D eigenvalue weighted by Gasteiger charge is 2.58. The summed E-state index contributed by atoms with van der Waals surface area (Å²) >= 11 is 0. The molecule has 0 aromatic heterocycles. The molecule has 7 rings (SSSR count). The number of hydrazine groups is 1. The molecule has 0 spiro atoms. The molecule has 42 heavy (non-hydrogen) atoms. The van der Waals surface area contributed by atoms with Gasteiger partial charge < -0.3 is 19.9 Å². The van der Waals surface area contributed by atoms with Crippen molar-refractivity contribution in [3.05, 3.63) is 0 Å². The second kappa shape index (κ2) is 11.7. The standard InChI is InChI=1S/C31H51F3N6O2/c1-38-19-36-37-28(38)12-30(17-42-18-30)23-3-2-4-24(11-23)40-16-26-25(29(40)41)9-20(10-27(26)31(32,33)34)14-39-8-6-21-13-35-7-5-22(21)15-39/h20-28,35-37H,2-19H2,1H3. The Kier molecular flexibility index (Phi) is 8.31. The highest BCUT2D eigenvalue weighted by Crippen LogP contribution is 2.53. The number of carbonyl (C=O) groups excluding carboxylic acids is 1. The van der Waals surface area contributed by atoms with Gasteiger partial charge >= 0.3 is 6.18 Å². The Hall–Kier alpha value is -0.980. The lowest BCUT2D eigenvalue weighted by Crippen LogP contribution is -2.56. The van der Waals surface area contributed by atoms with Crippen molar-refractivity contribution in [2.24, 2.45) is 46.8 Å². The first-order valence-corrected chi connectivity index (χ1v) is 16.8. The molecular formula is C31H51F3N6O2. The van der Waals surface area contributed by atoms with Crippen molar-refractivity contribution in [2.45, 2.75) is 76.2 Å². The van der Waals surface area contributed by atoms with E-state index < -0.39 is 23.9 Å². The number of ether oxygens (including phenoxy) is 1. The predicted molar refractivity (Wildman–Crippen MR) is 153 cm³/mol. The first-order chi connectivity index (χ1) is 20.2. The summed E-state index contributed by atoms with van der Waals surface area (Å²) in [5.74, 6) is -0.683. The lowest BCUT2D eigenvalue weighted by Gasteiger charge is -2.52. The first-order valence-electron chi connectivity index (χ1n) is 16.8. The minimum absolute atomic E-state index is 0.0157. The minimum Gasteiger partial charge on any atom is -0.380 e. The molecule has 5 aliphatic heterocycles. The molecule has 7 aliphatic rings. The maximum Gasteiger partial charge on any atom is 0.392 e. The molecule has 0 aromatic rings. The lowest BCUT2D eigenvalue weighted by atomic mass is 9.64. The van der Waals surface area contributed by atoms with E-state index in [1.54, 1.807) is 0 Å². The number of piperidine rings is 2. The SMILES string of the molecule is CN1CNNC1CC1(C2CCCC(N3CC4C(CC(CN5CCC6CNCCC6C5)CC4C(F)(F)F)C3=O)C2)COC1. The molecule has 9 unspecified atom stereocenters. The van der Waals surface area contributed by atoms with Crippen LogP contribution in [0.1, 0.15) is 57.8 Å². The van der Waals surface area contributed by atoms with E-state index >= 15 is 0 Å². The fraction of sp³-hybridized carbons (Fsp3) is 0.968. The molecule has 0 bridgehead atoms. The number of fused-ring (bicyclic) bond motifs is 2. The van der Waals surface area contributed by atoms with Crippen LogP contribution in [-0.4, -0.2) is 105 Å². The Morgan fingerprint density at radius 2 is 1.90 bits per heavy atom. The Labute approximate surface area is 248 Å². The van der Waals surface area contributed by atoms with Crippen LogP contribution >= 0.6 is 0 Å². The number of amides is 1. The molecule has 7 fully saturated rings. The van der Waals surface area contributed by atoms with Gasteiger partial charge in [-0.05, 0) is 108 Å². The highest BCUT2D eigenvalue weighted by atomic mass is 19.4. The third-order valence-electron chi connectivity index (χ3n) is 12.7. The van der Waals surface area contributed by atoms with Crippen LogP contribution in [0.15, 0.2) is 0 Å². The van der Waals surface area contributed by atoms with Crippen LogP contribution in [0.4, 0.5) is 13.2 Å². The average Bonchev–Trinajstić information content (AvgIpc) is 3.51. The van der Waals surface area contributed by atoms with E-state index in [2.05, 4.69) is 33.0 Å². The molecular weight excluding hydrogens is 545 g/mol. The van der Waals surface area contributed by atoms with Gasteiger partial charge in [0, 0.05) is 37.0 Å². The van der Waals surface area contributed by atoms with Crippen LogP contribution in [0.2, 0.25) is 0 Å². The predicted octanol–water partition coefficient (Wildman–Crippen LogP) is 2.87. The fourth-order valence-electron chi connectivity index (χ4n) is 10.2. The van der Waals surface area contributed by atoms with Crippen LogP contribution in [-0.2, 0) is 9.53 Å². The van der Waals surface area contributed by atoms with Crippen molar-refractivity contribution in [3.63, 3.8) is 0 Å². The maximum absolute atomic E-state index is 14.6. The molecule has 9 atom stereocenters. The number of likely N-dealkylation sites (tertiary alicyclic amines) is 2. The van der Waals surface area contributed by atoms with Gasteiger partial charge in [-0.1, -0.05) is 6.42 Å². The average molecular weight is 597 g/mol. The van der Waals surface area contributed by atoms with Gasteiger partial charge in [0.2, 0.25) is 5.91 Å². The number of halogens is 3. The van der Waals surface area contributed by atoms with E-state index in [-0.39, 0.29) is 35.9 Å². The number of rotatable bonds is 6. The van der Waals surface area contributed by atoms with Gasteiger partial charge in [0.15, 0.2) is 0 Å². The Morgan fingerprint density at radius 1 is 1.05 bits per heavy atom. The number of nitrogens with zero attached hydrogens (tertiary/aromatic N) is 3. The molecule has 5 saturated heterocycles. The van der Waals surface area contributed by atoms with Crippen molar-refractivity contribution in [3.8, 4) is 0 Å². The zero-order chi connectivity index (χ0) is 29.1. The van der Waals surface area contributed by atoms with Gasteiger partial charge in [0.05, 0.1) is 32.0 Å². The van der Waals surface area contributed by atoms with E-state index in [0.29, 0.717) is 37.3 Å².